The Labute approximate surface area is 137 Å². The van der Waals surface area contributed by atoms with Crippen LogP contribution in [0.5, 0.6) is 0 Å². The zero-order valence-electron chi connectivity index (χ0n) is 13.4. The molecule has 1 fully saturated rings. The van der Waals surface area contributed by atoms with Gasteiger partial charge in [-0.05, 0) is 62.7 Å². The fraction of sp³-hybridized carbons (Fsp3) is 0.300. The average molecular weight is 303 g/mol. The first-order valence-electron chi connectivity index (χ1n) is 8.37. The summed E-state index contributed by atoms with van der Waals surface area (Å²) in [5.41, 5.74) is 4.56. The molecule has 1 aliphatic rings. The molecule has 0 bridgehead atoms. The Morgan fingerprint density at radius 2 is 1.83 bits per heavy atom. The van der Waals surface area contributed by atoms with Crippen LogP contribution in [-0.4, -0.2) is 28.0 Å². The summed E-state index contributed by atoms with van der Waals surface area (Å²) in [6.07, 6.45) is 6.32. The number of fused-ring (bicyclic) bond motifs is 1. The summed E-state index contributed by atoms with van der Waals surface area (Å²) in [4.78, 5) is 11.6. The molecule has 0 N–H and O–H groups in total. The van der Waals surface area contributed by atoms with E-state index in [4.69, 9.17) is 0 Å². The normalized spacial score (nSPS) is 16.7. The molecule has 0 amide bonds. The van der Waals surface area contributed by atoms with Crippen LogP contribution in [0.25, 0.3) is 22.2 Å². The van der Waals surface area contributed by atoms with Crippen LogP contribution in [0.1, 0.15) is 31.4 Å². The highest BCUT2D eigenvalue weighted by atomic mass is 15.2. The van der Waals surface area contributed by atoms with Gasteiger partial charge >= 0.3 is 0 Å². The maximum atomic E-state index is 4.62. The van der Waals surface area contributed by atoms with Gasteiger partial charge in [-0.2, -0.15) is 0 Å². The second-order valence-corrected chi connectivity index (χ2v) is 6.27. The maximum absolute atomic E-state index is 4.62. The predicted octanol–water partition coefficient (Wildman–Crippen LogP) is 4.45. The first-order chi connectivity index (χ1) is 11.3. The fourth-order valence-electron chi connectivity index (χ4n) is 3.52. The van der Waals surface area contributed by atoms with Crippen LogP contribution < -0.4 is 0 Å². The van der Waals surface area contributed by atoms with Crippen molar-refractivity contribution in [1.29, 1.82) is 0 Å². The van der Waals surface area contributed by atoms with E-state index < -0.39 is 0 Å². The number of likely N-dealkylation sites (tertiary alicyclic amines) is 1. The van der Waals surface area contributed by atoms with Crippen LogP contribution in [0.3, 0.4) is 0 Å². The van der Waals surface area contributed by atoms with Crippen molar-refractivity contribution in [3.63, 3.8) is 0 Å². The monoisotopic (exact) mass is 303 g/mol. The first kappa shape index (κ1) is 14.3. The lowest BCUT2D eigenvalue weighted by Crippen LogP contribution is -2.23. The van der Waals surface area contributed by atoms with E-state index in [0.29, 0.717) is 6.04 Å². The van der Waals surface area contributed by atoms with Gasteiger partial charge in [-0.25, -0.2) is 0 Å². The van der Waals surface area contributed by atoms with Crippen molar-refractivity contribution in [2.24, 2.45) is 0 Å². The molecule has 4 rings (SSSR count). The minimum absolute atomic E-state index is 0.463. The molecule has 23 heavy (non-hydrogen) atoms. The van der Waals surface area contributed by atoms with Crippen molar-refractivity contribution < 1.29 is 0 Å². The Morgan fingerprint density at radius 3 is 2.70 bits per heavy atom. The molecule has 1 saturated heterocycles. The molecule has 116 valence electrons. The van der Waals surface area contributed by atoms with E-state index in [2.05, 4.69) is 52.1 Å². The highest BCUT2D eigenvalue weighted by Crippen LogP contribution is 2.30. The van der Waals surface area contributed by atoms with Gasteiger partial charge < -0.3 is 0 Å². The Morgan fingerprint density at radius 1 is 0.957 bits per heavy atom. The number of benzene rings is 1. The number of pyridine rings is 2. The molecule has 0 spiro atoms. The molecule has 2 aromatic heterocycles. The molecule has 3 aromatic rings. The molecule has 0 aliphatic carbocycles. The van der Waals surface area contributed by atoms with E-state index in [1.807, 2.05) is 24.5 Å². The van der Waals surface area contributed by atoms with Gasteiger partial charge in [0.2, 0.25) is 0 Å². The number of rotatable bonds is 3. The average Bonchev–Trinajstić information content (AvgIpc) is 3.15. The SMILES string of the molecule is C[C@@H](c1cccc(-c2nccc3ncccc23)c1)N1CCCC1. The van der Waals surface area contributed by atoms with Crippen LogP contribution >= 0.6 is 0 Å². The van der Waals surface area contributed by atoms with E-state index in [1.54, 1.807) is 0 Å². The lowest BCUT2D eigenvalue weighted by molar-refractivity contribution is 0.263. The third-order valence-electron chi connectivity index (χ3n) is 4.86. The first-order valence-corrected chi connectivity index (χ1v) is 8.37. The summed E-state index contributed by atoms with van der Waals surface area (Å²) in [6.45, 7) is 4.73. The number of hydrogen-bond acceptors (Lipinski definition) is 3. The summed E-state index contributed by atoms with van der Waals surface area (Å²) in [6, 6.07) is 15.3. The Balaban J connectivity index is 1.75. The van der Waals surface area contributed by atoms with Crippen LogP contribution in [0, 0.1) is 0 Å². The van der Waals surface area contributed by atoms with Gasteiger partial charge in [-0.3, -0.25) is 14.9 Å². The minimum atomic E-state index is 0.463. The summed E-state index contributed by atoms with van der Waals surface area (Å²) < 4.78 is 0. The molecule has 0 radical (unpaired) electrons. The van der Waals surface area contributed by atoms with Crippen molar-refractivity contribution in [1.82, 2.24) is 14.9 Å². The summed E-state index contributed by atoms with van der Waals surface area (Å²) in [5, 5.41) is 1.11. The molecule has 3 nitrogen and oxygen atoms in total. The lowest BCUT2D eigenvalue weighted by atomic mass is 10.0. The fourth-order valence-corrected chi connectivity index (χ4v) is 3.52. The van der Waals surface area contributed by atoms with Crippen molar-refractivity contribution in [3.8, 4) is 11.3 Å². The zero-order chi connectivity index (χ0) is 15.6. The number of aromatic nitrogens is 2. The minimum Gasteiger partial charge on any atom is -0.297 e. The topological polar surface area (TPSA) is 29.0 Å². The highest BCUT2D eigenvalue weighted by molar-refractivity contribution is 5.92. The molecule has 1 atom stereocenters. The molecule has 3 heterocycles. The van der Waals surface area contributed by atoms with E-state index in [-0.39, 0.29) is 0 Å². The van der Waals surface area contributed by atoms with Gasteiger partial charge in [-0.15, -0.1) is 0 Å². The second kappa shape index (κ2) is 6.09. The molecule has 1 aliphatic heterocycles. The number of hydrogen-bond donors (Lipinski definition) is 0. The van der Waals surface area contributed by atoms with E-state index >= 15 is 0 Å². The van der Waals surface area contributed by atoms with Gasteiger partial charge in [-0.1, -0.05) is 18.2 Å². The Kier molecular flexibility index (Phi) is 3.80. The third-order valence-corrected chi connectivity index (χ3v) is 4.86. The van der Waals surface area contributed by atoms with Crippen molar-refractivity contribution in [3.05, 3.63) is 60.4 Å². The largest absolute Gasteiger partial charge is 0.297 e. The molecular formula is C20H21N3. The molecular weight excluding hydrogens is 282 g/mol. The maximum Gasteiger partial charge on any atom is 0.0796 e. The summed E-state index contributed by atoms with van der Waals surface area (Å²) in [7, 11) is 0. The third kappa shape index (κ3) is 2.73. The molecule has 3 heteroatoms. The lowest BCUT2D eigenvalue weighted by Gasteiger charge is -2.24. The van der Waals surface area contributed by atoms with E-state index in [0.717, 1.165) is 16.6 Å². The van der Waals surface area contributed by atoms with E-state index in [9.17, 15) is 0 Å². The second-order valence-electron chi connectivity index (χ2n) is 6.27. The predicted molar refractivity (Wildman–Crippen MR) is 94.2 cm³/mol. The van der Waals surface area contributed by atoms with E-state index in [1.165, 1.54) is 37.1 Å². The van der Waals surface area contributed by atoms with Gasteiger partial charge in [0.25, 0.3) is 0 Å². The Bertz CT molecular complexity index is 816. The van der Waals surface area contributed by atoms with Crippen LogP contribution in [-0.2, 0) is 0 Å². The standard InChI is InChI=1S/C20H21N3/c1-15(23-12-2-3-13-23)16-6-4-7-17(14-16)20-18-8-5-10-21-19(18)9-11-22-20/h4-11,14-15H,2-3,12-13H2,1H3/t15-/m0/s1. The van der Waals surface area contributed by atoms with Gasteiger partial charge in [0, 0.05) is 29.4 Å². The summed E-state index contributed by atoms with van der Waals surface area (Å²) >= 11 is 0. The van der Waals surface area contributed by atoms with Crippen LogP contribution in [0.4, 0.5) is 0 Å². The Hall–Kier alpha value is -2.26. The van der Waals surface area contributed by atoms with Crippen molar-refractivity contribution >= 4 is 10.9 Å². The van der Waals surface area contributed by atoms with Gasteiger partial charge in [0.05, 0.1) is 11.2 Å². The smallest absolute Gasteiger partial charge is 0.0796 e. The van der Waals surface area contributed by atoms with Crippen molar-refractivity contribution in [2.45, 2.75) is 25.8 Å². The molecule has 0 unspecified atom stereocenters. The van der Waals surface area contributed by atoms with Crippen LogP contribution in [0.15, 0.2) is 54.9 Å². The van der Waals surface area contributed by atoms with Crippen LogP contribution in [0.2, 0.25) is 0 Å². The van der Waals surface area contributed by atoms with Gasteiger partial charge in [0.1, 0.15) is 0 Å². The van der Waals surface area contributed by atoms with Crippen molar-refractivity contribution in [2.75, 3.05) is 13.1 Å². The molecule has 1 aromatic carbocycles. The summed E-state index contributed by atoms with van der Waals surface area (Å²) in [5.74, 6) is 0. The highest BCUT2D eigenvalue weighted by Gasteiger charge is 2.19. The zero-order valence-corrected chi connectivity index (χ0v) is 13.4. The molecule has 0 saturated carbocycles. The van der Waals surface area contributed by atoms with Gasteiger partial charge in [0.15, 0.2) is 0 Å². The quantitative estimate of drug-likeness (QED) is 0.715. The number of nitrogens with zero attached hydrogens (tertiary/aromatic N) is 3.